The molecule has 0 heterocycles. The highest BCUT2D eigenvalue weighted by Gasteiger charge is 2.22. The van der Waals surface area contributed by atoms with Gasteiger partial charge in [-0.1, -0.05) is 67.7 Å². The second-order valence-electron chi connectivity index (χ2n) is 7.50. The fraction of sp³-hybridized carbons (Fsp3) is 0.520. The van der Waals surface area contributed by atoms with Crippen molar-refractivity contribution < 1.29 is 43.0 Å². The molecule has 0 aromatic carbocycles. The lowest BCUT2D eigenvalue weighted by atomic mass is 10.2. The Bertz CT molecular complexity index is 778. The minimum Gasteiger partial charge on any atom is -0.462 e. The highest BCUT2D eigenvalue weighted by Crippen LogP contribution is 2.35. The molecule has 0 fully saturated rings. The van der Waals surface area contributed by atoms with Gasteiger partial charge in [0.25, 0.3) is 0 Å². The Morgan fingerprint density at radius 3 is 2.26 bits per heavy atom. The molecule has 0 rings (SSSR count). The van der Waals surface area contributed by atoms with Gasteiger partial charge >= 0.3 is 19.8 Å². The number of phosphoric acid groups is 1. The van der Waals surface area contributed by atoms with E-state index in [9.17, 15) is 19.3 Å². The molecule has 0 bridgehead atoms. The molecular weight excluding hydrogens is 475 g/mol. The quantitative estimate of drug-likeness (QED) is 0.0749. The largest absolute Gasteiger partial charge is 0.469 e. The van der Waals surface area contributed by atoms with Gasteiger partial charge in [-0.15, -0.1) is 0 Å². The monoisotopic (exact) mass is 514 g/mol. The van der Waals surface area contributed by atoms with Crippen molar-refractivity contribution in [2.75, 3.05) is 13.2 Å². The maximum atomic E-state index is 11.9. The third-order valence-corrected chi connectivity index (χ3v) is 4.67. The predicted octanol–water partition coefficient (Wildman–Crippen LogP) is 4.46. The highest BCUT2D eigenvalue weighted by atomic mass is 31.2. The number of aliphatic hydroxyl groups excluding tert-OH is 1. The van der Waals surface area contributed by atoms with Gasteiger partial charge in [-0.25, -0.2) is 4.57 Å². The first-order valence-electron chi connectivity index (χ1n) is 11.6. The van der Waals surface area contributed by atoms with Crippen molar-refractivity contribution in [2.45, 2.75) is 71.0 Å². The van der Waals surface area contributed by atoms with E-state index in [1.54, 1.807) is 6.08 Å². The molecule has 0 amide bonds. The lowest BCUT2D eigenvalue weighted by Crippen LogP contribution is -2.29. The van der Waals surface area contributed by atoms with Gasteiger partial charge in [-0.2, -0.15) is 0 Å². The van der Waals surface area contributed by atoms with Crippen molar-refractivity contribution in [1.82, 2.24) is 0 Å². The molecule has 10 heteroatoms. The first kappa shape index (κ1) is 32.7. The van der Waals surface area contributed by atoms with Gasteiger partial charge < -0.3 is 24.4 Å². The lowest BCUT2D eigenvalue weighted by Gasteiger charge is -2.17. The first-order chi connectivity index (χ1) is 16.6. The van der Waals surface area contributed by atoms with E-state index in [0.717, 1.165) is 19.3 Å². The third-order valence-electron chi connectivity index (χ3n) is 4.18. The zero-order chi connectivity index (χ0) is 26.4. The van der Waals surface area contributed by atoms with E-state index < -0.39 is 38.6 Å². The number of aliphatic hydroxyl groups is 1. The summed E-state index contributed by atoms with van der Waals surface area (Å²) in [4.78, 5) is 40.4. The van der Waals surface area contributed by atoms with Crippen LogP contribution < -0.4 is 0 Å². The van der Waals surface area contributed by atoms with Crippen molar-refractivity contribution in [2.24, 2.45) is 0 Å². The molecule has 35 heavy (non-hydrogen) atoms. The van der Waals surface area contributed by atoms with Gasteiger partial charge in [0.1, 0.15) is 6.61 Å². The van der Waals surface area contributed by atoms with E-state index in [1.165, 1.54) is 6.92 Å². The van der Waals surface area contributed by atoms with Gasteiger partial charge in [0.15, 0.2) is 6.10 Å². The molecule has 0 aliphatic carbocycles. The van der Waals surface area contributed by atoms with E-state index >= 15 is 0 Å². The van der Waals surface area contributed by atoms with Crippen molar-refractivity contribution in [3.05, 3.63) is 60.8 Å². The molecule has 9 nitrogen and oxygen atoms in total. The third kappa shape index (κ3) is 24.6. The van der Waals surface area contributed by atoms with Crippen LogP contribution in [0.25, 0.3) is 0 Å². The smallest absolute Gasteiger partial charge is 0.462 e. The first-order valence-corrected chi connectivity index (χ1v) is 13.2. The Labute approximate surface area is 208 Å². The molecule has 0 saturated heterocycles. The van der Waals surface area contributed by atoms with Crippen LogP contribution in [0.1, 0.15) is 58.8 Å². The van der Waals surface area contributed by atoms with E-state index in [1.807, 2.05) is 61.6 Å². The van der Waals surface area contributed by atoms with Gasteiger partial charge in [-0.05, 0) is 38.5 Å². The van der Waals surface area contributed by atoms with E-state index in [0.29, 0.717) is 19.3 Å². The normalized spacial score (nSPS) is 14.5. The summed E-state index contributed by atoms with van der Waals surface area (Å²) in [5.41, 5.74) is 0. The molecule has 198 valence electrons. The highest BCUT2D eigenvalue weighted by molar-refractivity contribution is 7.46. The number of allylic oxidation sites excluding steroid dienone is 8. The van der Waals surface area contributed by atoms with Crippen LogP contribution >= 0.6 is 7.82 Å². The SMILES string of the molecule is CC/C=C\C(O)C/C=C/C=C\C/C=C\C/C=C\CCCC(=O)O[C@H](COC(C)=O)COP(=O)(O)O. The second-order valence-corrected chi connectivity index (χ2v) is 8.74. The van der Waals surface area contributed by atoms with Crippen molar-refractivity contribution in [3.8, 4) is 0 Å². The number of rotatable bonds is 19. The molecule has 0 aliphatic heterocycles. The number of carbonyl (C=O) groups is 2. The molecule has 0 saturated carbocycles. The van der Waals surface area contributed by atoms with Crippen molar-refractivity contribution in [3.63, 3.8) is 0 Å². The molecule has 0 aromatic rings. The Kier molecular flexibility index (Phi) is 19.7. The lowest BCUT2D eigenvalue weighted by molar-refractivity contribution is -0.160. The Balaban J connectivity index is 4.02. The van der Waals surface area contributed by atoms with Gasteiger partial charge in [0.05, 0.1) is 12.7 Å². The average Bonchev–Trinajstić information content (AvgIpc) is 2.78. The topological polar surface area (TPSA) is 140 Å². The van der Waals surface area contributed by atoms with Crippen LogP contribution in [0.5, 0.6) is 0 Å². The van der Waals surface area contributed by atoms with Gasteiger partial charge in [-0.3, -0.25) is 14.1 Å². The Morgan fingerprint density at radius 2 is 1.60 bits per heavy atom. The standard InChI is InChI=1S/C25H39O9P/c1-3-4-17-23(27)18-15-13-11-9-7-5-6-8-10-12-14-16-19-25(28)34-24(20-32-22(2)26)21-33-35(29,30)31/h4-6,9-13,15,17,23-24,27H,3,7-8,14,16,18-21H2,1-2H3,(H2,29,30,31)/b6-5-,11-9-,12-10-,15-13+,17-4-/t23?,24-/m1/s1. The summed E-state index contributed by atoms with van der Waals surface area (Å²) in [7, 11) is -4.73. The maximum Gasteiger partial charge on any atom is 0.469 e. The number of hydrogen-bond donors (Lipinski definition) is 3. The molecule has 3 N–H and O–H groups in total. The second kappa shape index (κ2) is 21.0. The molecule has 0 aliphatic rings. The number of phosphoric ester groups is 1. The van der Waals surface area contributed by atoms with Gasteiger partial charge in [0.2, 0.25) is 0 Å². The molecule has 0 spiro atoms. The van der Waals surface area contributed by atoms with Crippen LogP contribution in [0.15, 0.2) is 60.8 Å². The van der Waals surface area contributed by atoms with Crippen LogP contribution in [0.3, 0.4) is 0 Å². The van der Waals surface area contributed by atoms with E-state index in [-0.39, 0.29) is 13.0 Å². The summed E-state index contributed by atoms with van der Waals surface area (Å²) in [5, 5.41) is 9.65. The van der Waals surface area contributed by atoms with Crippen molar-refractivity contribution in [1.29, 1.82) is 0 Å². The summed E-state index contributed by atoms with van der Waals surface area (Å²) in [6.45, 7) is 2.26. The summed E-state index contributed by atoms with van der Waals surface area (Å²) in [5.74, 6) is -1.18. The summed E-state index contributed by atoms with van der Waals surface area (Å²) >= 11 is 0. The van der Waals surface area contributed by atoms with Crippen molar-refractivity contribution >= 4 is 19.8 Å². The minimum absolute atomic E-state index is 0.108. The molecule has 2 atom stereocenters. The van der Waals surface area contributed by atoms with Crippen LogP contribution in [0.2, 0.25) is 0 Å². The minimum atomic E-state index is -4.73. The number of carbonyl (C=O) groups excluding carboxylic acids is 2. The number of ether oxygens (including phenoxy) is 2. The van der Waals surface area contributed by atoms with Crippen LogP contribution in [-0.4, -0.2) is 52.3 Å². The Hall–Kier alpha value is -2.29. The molecule has 0 aromatic heterocycles. The van der Waals surface area contributed by atoms with E-state index in [2.05, 4.69) is 4.52 Å². The van der Waals surface area contributed by atoms with Crippen LogP contribution in [-0.2, 0) is 28.2 Å². The summed E-state index contributed by atoms with van der Waals surface area (Å²) < 4.78 is 25.0. The van der Waals surface area contributed by atoms with E-state index in [4.69, 9.17) is 19.3 Å². The molecular formula is C25H39O9P. The molecule has 1 unspecified atom stereocenters. The van der Waals surface area contributed by atoms with Crippen LogP contribution in [0, 0.1) is 0 Å². The summed E-state index contributed by atoms with van der Waals surface area (Å²) in [6.07, 6.45) is 22.5. The van der Waals surface area contributed by atoms with Gasteiger partial charge in [0, 0.05) is 13.3 Å². The fourth-order valence-electron chi connectivity index (χ4n) is 2.50. The average molecular weight is 515 g/mol. The van der Waals surface area contributed by atoms with Crippen LogP contribution in [0.4, 0.5) is 0 Å². The number of unbranched alkanes of at least 4 members (excludes halogenated alkanes) is 1. The zero-order valence-corrected chi connectivity index (χ0v) is 21.4. The zero-order valence-electron chi connectivity index (χ0n) is 20.5. The predicted molar refractivity (Wildman–Crippen MR) is 134 cm³/mol. The molecule has 0 radical (unpaired) electrons. The number of esters is 2. The summed E-state index contributed by atoms with van der Waals surface area (Å²) in [6, 6.07) is 0. The maximum absolute atomic E-state index is 11.9. The number of hydrogen-bond acceptors (Lipinski definition) is 7. The Morgan fingerprint density at radius 1 is 0.943 bits per heavy atom. The fourth-order valence-corrected chi connectivity index (χ4v) is 2.87.